The lowest BCUT2D eigenvalue weighted by Crippen LogP contribution is -2.29. The lowest BCUT2D eigenvalue weighted by Gasteiger charge is -2.26. The Morgan fingerprint density at radius 2 is 1.51 bits per heavy atom. The third-order valence-corrected chi connectivity index (χ3v) is 6.00. The summed E-state index contributed by atoms with van der Waals surface area (Å²) in [5.74, 6) is -0.751. The van der Waals surface area contributed by atoms with Gasteiger partial charge in [0.1, 0.15) is 11.5 Å². The van der Waals surface area contributed by atoms with Crippen LogP contribution in [0.5, 0.6) is 17.2 Å². The van der Waals surface area contributed by atoms with Crippen molar-refractivity contribution in [2.24, 2.45) is 0 Å². The number of rotatable bonds is 7. The summed E-state index contributed by atoms with van der Waals surface area (Å²) in [6.45, 7) is 1.39. The van der Waals surface area contributed by atoms with E-state index < -0.39 is 17.7 Å². The monoisotopic (exact) mass is 502 g/mol. The SMILES string of the molecule is COc1ccc(/C(O)=C2\C(=O)C(=O)N(c3ccc(NC(C)=O)cc3)[C@@H]2c2ccc(OC)c(OC)c2)cc1. The van der Waals surface area contributed by atoms with Crippen LogP contribution in [0.3, 0.4) is 0 Å². The first-order valence-corrected chi connectivity index (χ1v) is 11.3. The molecule has 190 valence electrons. The lowest BCUT2D eigenvalue weighted by molar-refractivity contribution is -0.132. The molecule has 4 rings (SSSR count). The largest absolute Gasteiger partial charge is 0.507 e. The number of nitrogens with one attached hydrogen (secondary N) is 1. The van der Waals surface area contributed by atoms with Crippen LogP contribution >= 0.6 is 0 Å². The minimum Gasteiger partial charge on any atom is -0.507 e. The molecule has 2 N–H and O–H groups in total. The molecular weight excluding hydrogens is 476 g/mol. The first kappa shape index (κ1) is 25.3. The lowest BCUT2D eigenvalue weighted by atomic mass is 9.94. The molecule has 0 aliphatic carbocycles. The van der Waals surface area contributed by atoms with Gasteiger partial charge in [0.25, 0.3) is 11.7 Å². The predicted molar refractivity (Wildman–Crippen MR) is 138 cm³/mol. The summed E-state index contributed by atoms with van der Waals surface area (Å²) in [6.07, 6.45) is 0. The van der Waals surface area contributed by atoms with E-state index in [1.54, 1.807) is 66.7 Å². The van der Waals surface area contributed by atoms with Crippen molar-refractivity contribution in [3.63, 3.8) is 0 Å². The van der Waals surface area contributed by atoms with E-state index in [1.165, 1.54) is 33.2 Å². The molecule has 37 heavy (non-hydrogen) atoms. The van der Waals surface area contributed by atoms with E-state index in [9.17, 15) is 19.5 Å². The Kier molecular flexibility index (Phi) is 7.15. The molecule has 3 aromatic rings. The van der Waals surface area contributed by atoms with Gasteiger partial charge in [0, 0.05) is 23.9 Å². The summed E-state index contributed by atoms with van der Waals surface area (Å²) in [6, 6.07) is 17.1. The zero-order valence-electron chi connectivity index (χ0n) is 20.8. The molecule has 3 aromatic carbocycles. The number of benzene rings is 3. The van der Waals surface area contributed by atoms with Gasteiger partial charge in [0.2, 0.25) is 5.91 Å². The minimum atomic E-state index is -0.964. The summed E-state index contributed by atoms with van der Waals surface area (Å²) >= 11 is 0. The summed E-state index contributed by atoms with van der Waals surface area (Å²) in [5, 5.41) is 13.9. The van der Waals surface area contributed by atoms with Gasteiger partial charge in [-0.2, -0.15) is 0 Å². The van der Waals surface area contributed by atoms with Gasteiger partial charge in [-0.1, -0.05) is 6.07 Å². The molecule has 0 spiro atoms. The number of Topliss-reactive ketones (excluding diaryl/α,β-unsaturated/α-hetero) is 1. The Balaban J connectivity index is 1.90. The maximum atomic E-state index is 13.4. The average Bonchev–Trinajstić information content (AvgIpc) is 3.18. The Morgan fingerprint density at radius 1 is 0.865 bits per heavy atom. The van der Waals surface area contributed by atoms with Gasteiger partial charge < -0.3 is 24.6 Å². The Labute approximate surface area is 213 Å². The topological polar surface area (TPSA) is 114 Å². The van der Waals surface area contributed by atoms with Crippen molar-refractivity contribution in [3.8, 4) is 17.2 Å². The number of aliphatic hydroxyl groups excluding tert-OH is 1. The molecule has 1 saturated heterocycles. The molecule has 0 saturated carbocycles. The molecule has 1 fully saturated rings. The molecular formula is C28H26N2O7. The third-order valence-electron chi connectivity index (χ3n) is 6.00. The van der Waals surface area contributed by atoms with E-state index in [4.69, 9.17) is 14.2 Å². The fourth-order valence-corrected chi connectivity index (χ4v) is 4.25. The molecule has 1 heterocycles. The highest BCUT2D eigenvalue weighted by Crippen LogP contribution is 2.44. The fraction of sp³-hybridized carbons (Fsp3) is 0.179. The summed E-state index contributed by atoms with van der Waals surface area (Å²) < 4.78 is 16.0. The Morgan fingerprint density at radius 3 is 2.08 bits per heavy atom. The van der Waals surface area contributed by atoms with Gasteiger partial charge >= 0.3 is 0 Å². The molecule has 0 radical (unpaired) electrons. The van der Waals surface area contributed by atoms with E-state index in [2.05, 4.69) is 5.32 Å². The normalized spacial score (nSPS) is 16.4. The summed E-state index contributed by atoms with van der Waals surface area (Å²) in [4.78, 5) is 39.4. The number of carbonyl (C=O) groups is 3. The molecule has 1 aliphatic rings. The van der Waals surface area contributed by atoms with Gasteiger partial charge in [-0.05, 0) is 66.2 Å². The maximum absolute atomic E-state index is 13.4. The highest BCUT2D eigenvalue weighted by atomic mass is 16.5. The number of nitrogens with zero attached hydrogens (tertiary/aromatic N) is 1. The molecule has 1 aliphatic heterocycles. The number of anilines is 2. The zero-order chi connectivity index (χ0) is 26.7. The van der Waals surface area contributed by atoms with Gasteiger partial charge in [-0.3, -0.25) is 19.3 Å². The van der Waals surface area contributed by atoms with Crippen LogP contribution in [-0.2, 0) is 14.4 Å². The summed E-state index contributed by atoms with van der Waals surface area (Å²) in [7, 11) is 4.51. The van der Waals surface area contributed by atoms with E-state index >= 15 is 0 Å². The number of hydrogen-bond acceptors (Lipinski definition) is 7. The molecule has 1 atom stereocenters. The van der Waals surface area contributed by atoms with Crippen molar-refractivity contribution in [2.45, 2.75) is 13.0 Å². The molecule has 0 aromatic heterocycles. The van der Waals surface area contributed by atoms with Gasteiger partial charge in [-0.15, -0.1) is 0 Å². The van der Waals surface area contributed by atoms with Gasteiger partial charge in [0.05, 0.1) is 32.9 Å². The van der Waals surface area contributed by atoms with Crippen LogP contribution in [0.1, 0.15) is 24.1 Å². The van der Waals surface area contributed by atoms with Crippen LogP contribution in [0.2, 0.25) is 0 Å². The van der Waals surface area contributed by atoms with Crippen LogP contribution in [0, 0.1) is 0 Å². The molecule has 2 amide bonds. The smallest absolute Gasteiger partial charge is 0.300 e. The average molecular weight is 503 g/mol. The number of methoxy groups -OCH3 is 3. The molecule has 0 bridgehead atoms. The molecule has 9 nitrogen and oxygen atoms in total. The second-order valence-corrected chi connectivity index (χ2v) is 8.24. The number of amides is 2. The Bertz CT molecular complexity index is 1380. The van der Waals surface area contributed by atoms with Crippen LogP contribution < -0.4 is 24.4 Å². The highest BCUT2D eigenvalue weighted by molar-refractivity contribution is 6.51. The Hall–Kier alpha value is -4.79. The van der Waals surface area contributed by atoms with Crippen molar-refractivity contribution in [1.29, 1.82) is 0 Å². The van der Waals surface area contributed by atoms with Crippen LogP contribution in [-0.4, -0.2) is 44.0 Å². The minimum absolute atomic E-state index is 0.0756. The zero-order valence-corrected chi connectivity index (χ0v) is 20.8. The van der Waals surface area contributed by atoms with Crippen LogP contribution in [0.15, 0.2) is 72.3 Å². The van der Waals surface area contributed by atoms with Crippen molar-refractivity contribution < 1.29 is 33.7 Å². The first-order chi connectivity index (χ1) is 17.8. The number of ketones is 1. The third kappa shape index (κ3) is 4.84. The summed E-state index contributed by atoms with van der Waals surface area (Å²) in [5.41, 5.74) is 1.75. The predicted octanol–water partition coefficient (Wildman–Crippen LogP) is 4.30. The highest BCUT2D eigenvalue weighted by Gasteiger charge is 2.47. The fourth-order valence-electron chi connectivity index (χ4n) is 4.25. The number of hydrogen-bond donors (Lipinski definition) is 2. The maximum Gasteiger partial charge on any atom is 0.300 e. The molecule has 9 heteroatoms. The number of ether oxygens (including phenoxy) is 3. The number of carbonyl (C=O) groups excluding carboxylic acids is 3. The van der Waals surface area contributed by atoms with Crippen LogP contribution in [0.25, 0.3) is 5.76 Å². The van der Waals surface area contributed by atoms with E-state index in [-0.39, 0.29) is 17.2 Å². The quantitative estimate of drug-likeness (QED) is 0.281. The van der Waals surface area contributed by atoms with Crippen molar-refractivity contribution in [2.75, 3.05) is 31.5 Å². The first-order valence-electron chi connectivity index (χ1n) is 11.3. The van der Waals surface area contributed by atoms with E-state index in [0.29, 0.717) is 39.8 Å². The molecule has 0 unspecified atom stereocenters. The second kappa shape index (κ2) is 10.4. The van der Waals surface area contributed by atoms with Crippen molar-refractivity contribution in [1.82, 2.24) is 0 Å². The van der Waals surface area contributed by atoms with Crippen molar-refractivity contribution in [3.05, 3.63) is 83.4 Å². The van der Waals surface area contributed by atoms with Gasteiger partial charge in [0.15, 0.2) is 11.5 Å². The van der Waals surface area contributed by atoms with Crippen molar-refractivity contribution >= 4 is 34.7 Å². The van der Waals surface area contributed by atoms with E-state index in [0.717, 1.165) is 0 Å². The second-order valence-electron chi connectivity index (χ2n) is 8.24. The van der Waals surface area contributed by atoms with Gasteiger partial charge in [-0.25, -0.2) is 0 Å². The van der Waals surface area contributed by atoms with E-state index in [1.807, 2.05) is 0 Å². The standard InChI is InChI=1S/C28H26N2O7/c1-16(31)29-19-8-10-20(11-9-19)30-25(18-7-14-22(36-3)23(15-18)37-4)24(27(33)28(30)34)26(32)17-5-12-21(35-2)13-6-17/h5-15,25,32H,1-4H3,(H,29,31)/b26-24+/t25-/m1/s1. The van der Waals surface area contributed by atoms with Crippen LogP contribution in [0.4, 0.5) is 11.4 Å². The number of aliphatic hydroxyl groups is 1.